The lowest BCUT2D eigenvalue weighted by molar-refractivity contribution is -0.122. The van der Waals surface area contributed by atoms with Crippen molar-refractivity contribution in [1.29, 1.82) is 0 Å². The number of likely N-dealkylation sites (N-methyl/N-ethyl adjacent to an activating group) is 1. The Hall–Kier alpha value is -0.620. The standard InChI is InChI=1S/C9H18N2O3S/c1-7(9(12)10-2)11-5-8-3-4-15(13,14)6-8/h7-8,11H,3-6H2,1-2H3,(H,10,12). The highest BCUT2D eigenvalue weighted by atomic mass is 32.2. The van der Waals surface area contributed by atoms with Crippen LogP contribution < -0.4 is 10.6 Å². The molecule has 88 valence electrons. The van der Waals surface area contributed by atoms with Gasteiger partial charge in [0.05, 0.1) is 17.5 Å². The van der Waals surface area contributed by atoms with E-state index in [0.717, 1.165) is 0 Å². The molecular formula is C9H18N2O3S. The third kappa shape index (κ3) is 3.79. The minimum Gasteiger partial charge on any atom is -0.358 e. The van der Waals surface area contributed by atoms with Crippen molar-refractivity contribution in [2.45, 2.75) is 19.4 Å². The van der Waals surface area contributed by atoms with Gasteiger partial charge in [0.15, 0.2) is 9.84 Å². The molecule has 0 saturated carbocycles. The number of hydrogen-bond acceptors (Lipinski definition) is 4. The number of hydrogen-bond donors (Lipinski definition) is 2. The summed E-state index contributed by atoms with van der Waals surface area (Å²) in [5.74, 6) is 0.617. The van der Waals surface area contributed by atoms with Crippen molar-refractivity contribution in [2.24, 2.45) is 5.92 Å². The highest BCUT2D eigenvalue weighted by Crippen LogP contribution is 2.17. The maximum absolute atomic E-state index is 11.2. The van der Waals surface area contributed by atoms with E-state index in [0.29, 0.717) is 13.0 Å². The Kier molecular flexibility index (Phi) is 4.10. The predicted octanol–water partition coefficient (Wildman–Crippen LogP) is -0.855. The van der Waals surface area contributed by atoms with Gasteiger partial charge in [-0.05, 0) is 25.8 Å². The van der Waals surface area contributed by atoms with Crippen molar-refractivity contribution in [3.05, 3.63) is 0 Å². The molecule has 1 aliphatic rings. The quantitative estimate of drug-likeness (QED) is 0.664. The molecule has 0 aromatic rings. The number of amides is 1. The second-order valence-electron chi connectivity index (χ2n) is 4.01. The second-order valence-corrected chi connectivity index (χ2v) is 6.24. The summed E-state index contributed by atoms with van der Waals surface area (Å²) in [5.41, 5.74) is 0. The van der Waals surface area contributed by atoms with Crippen LogP contribution in [0.3, 0.4) is 0 Å². The fraction of sp³-hybridized carbons (Fsp3) is 0.889. The van der Waals surface area contributed by atoms with Gasteiger partial charge >= 0.3 is 0 Å². The Bertz CT molecular complexity index is 326. The molecule has 1 saturated heterocycles. The van der Waals surface area contributed by atoms with Crippen molar-refractivity contribution in [1.82, 2.24) is 10.6 Å². The highest BCUT2D eigenvalue weighted by Gasteiger charge is 2.28. The number of sulfone groups is 1. The first-order valence-electron chi connectivity index (χ1n) is 5.10. The van der Waals surface area contributed by atoms with E-state index in [2.05, 4.69) is 10.6 Å². The SMILES string of the molecule is CNC(=O)C(C)NCC1CCS(=O)(=O)C1. The van der Waals surface area contributed by atoms with Crippen LogP contribution in [0.5, 0.6) is 0 Å². The van der Waals surface area contributed by atoms with Gasteiger partial charge in [-0.1, -0.05) is 0 Å². The lowest BCUT2D eigenvalue weighted by Gasteiger charge is -2.14. The summed E-state index contributed by atoms with van der Waals surface area (Å²) in [5, 5.41) is 5.57. The summed E-state index contributed by atoms with van der Waals surface area (Å²) in [6.45, 7) is 2.36. The average molecular weight is 234 g/mol. The van der Waals surface area contributed by atoms with E-state index in [4.69, 9.17) is 0 Å². The summed E-state index contributed by atoms with van der Waals surface area (Å²) in [7, 11) is -1.23. The molecule has 0 bridgehead atoms. The van der Waals surface area contributed by atoms with E-state index < -0.39 is 9.84 Å². The molecule has 2 unspecified atom stereocenters. The smallest absolute Gasteiger partial charge is 0.236 e. The van der Waals surface area contributed by atoms with Crippen molar-refractivity contribution in [2.75, 3.05) is 25.1 Å². The topological polar surface area (TPSA) is 75.3 Å². The summed E-state index contributed by atoms with van der Waals surface area (Å²) < 4.78 is 22.3. The molecular weight excluding hydrogens is 216 g/mol. The molecule has 0 aromatic heterocycles. The van der Waals surface area contributed by atoms with Crippen LogP contribution >= 0.6 is 0 Å². The van der Waals surface area contributed by atoms with Crippen molar-refractivity contribution >= 4 is 15.7 Å². The fourth-order valence-electron chi connectivity index (χ4n) is 1.69. The van der Waals surface area contributed by atoms with Crippen LogP contribution in [0.4, 0.5) is 0 Å². The van der Waals surface area contributed by atoms with Gasteiger partial charge in [0.2, 0.25) is 5.91 Å². The van der Waals surface area contributed by atoms with Crippen LogP contribution in [-0.2, 0) is 14.6 Å². The molecule has 1 rings (SSSR count). The van der Waals surface area contributed by atoms with E-state index in [1.807, 2.05) is 0 Å². The Morgan fingerprint density at radius 2 is 2.20 bits per heavy atom. The van der Waals surface area contributed by atoms with E-state index in [1.54, 1.807) is 14.0 Å². The van der Waals surface area contributed by atoms with Crippen LogP contribution in [0.2, 0.25) is 0 Å². The van der Waals surface area contributed by atoms with Crippen molar-refractivity contribution < 1.29 is 13.2 Å². The first kappa shape index (κ1) is 12.4. The molecule has 2 N–H and O–H groups in total. The van der Waals surface area contributed by atoms with Gasteiger partial charge in [0.1, 0.15) is 0 Å². The normalized spacial score (nSPS) is 26.1. The summed E-state index contributed by atoms with van der Waals surface area (Å²) >= 11 is 0. The number of carbonyl (C=O) groups excluding carboxylic acids is 1. The zero-order chi connectivity index (χ0) is 11.5. The lowest BCUT2D eigenvalue weighted by Crippen LogP contribution is -2.42. The molecule has 1 fully saturated rings. The van der Waals surface area contributed by atoms with Crippen LogP contribution in [0.15, 0.2) is 0 Å². The minimum atomic E-state index is -2.81. The largest absolute Gasteiger partial charge is 0.358 e. The van der Waals surface area contributed by atoms with Crippen LogP contribution in [0.1, 0.15) is 13.3 Å². The lowest BCUT2D eigenvalue weighted by atomic mass is 10.1. The molecule has 0 spiro atoms. The van der Waals surface area contributed by atoms with E-state index in [-0.39, 0.29) is 29.4 Å². The maximum atomic E-state index is 11.2. The monoisotopic (exact) mass is 234 g/mol. The Morgan fingerprint density at radius 3 is 2.67 bits per heavy atom. The highest BCUT2D eigenvalue weighted by molar-refractivity contribution is 7.91. The molecule has 0 radical (unpaired) electrons. The molecule has 15 heavy (non-hydrogen) atoms. The number of carbonyl (C=O) groups is 1. The molecule has 0 aliphatic carbocycles. The van der Waals surface area contributed by atoms with Crippen LogP contribution in [-0.4, -0.2) is 45.5 Å². The predicted molar refractivity (Wildman–Crippen MR) is 58.3 cm³/mol. The van der Waals surface area contributed by atoms with Crippen LogP contribution in [0.25, 0.3) is 0 Å². The Balaban J connectivity index is 2.30. The Labute approximate surface area is 90.5 Å². The summed E-state index contributed by atoms with van der Waals surface area (Å²) in [6, 6.07) is -0.265. The van der Waals surface area contributed by atoms with Gasteiger partial charge in [-0.15, -0.1) is 0 Å². The molecule has 6 heteroatoms. The van der Waals surface area contributed by atoms with Gasteiger partial charge in [0.25, 0.3) is 0 Å². The third-order valence-electron chi connectivity index (χ3n) is 2.68. The fourth-order valence-corrected chi connectivity index (χ4v) is 3.55. The van der Waals surface area contributed by atoms with Crippen molar-refractivity contribution in [3.8, 4) is 0 Å². The summed E-state index contributed by atoms with van der Waals surface area (Å²) in [6.07, 6.45) is 0.704. The third-order valence-corrected chi connectivity index (χ3v) is 4.52. The average Bonchev–Trinajstić information content (AvgIpc) is 2.53. The van der Waals surface area contributed by atoms with Gasteiger partial charge < -0.3 is 10.6 Å². The summed E-state index contributed by atoms with van der Waals surface area (Å²) in [4.78, 5) is 11.2. The van der Waals surface area contributed by atoms with Gasteiger partial charge in [-0.2, -0.15) is 0 Å². The number of nitrogens with one attached hydrogen (secondary N) is 2. The molecule has 2 atom stereocenters. The first-order valence-corrected chi connectivity index (χ1v) is 6.92. The van der Waals surface area contributed by atoms with E-state index >= 15 is 0 Å². The van der Waals surface area contributed by atoms with Gasteiger partial charge in [-0.3, -0.25) is 4.79 Å². The minimum absolute atomic E-state index is 0.0733. The molecule has 1 amide bonds. The van der Waals surface area contributed by atoms with Crippen LogP contribution in [0, 0.1) is 5.92 Å². The molecule has 1 aliphatic heterocycles. The molecule has 1 heterocycles. The number of rotatable bonds is 4. The van der Waals surface area contributed by atoms with E-state index in [1.165, 1.54) is 0 Å². The van der Waals surface area contributed by atoms with Gasteiger partial charge in [-0.25, -0.2) is 8.42 Å². The van der Waals surface area contributed by atoms with Gasteiger partial charge in [0, 0.05) is 7.05 Å². The Morgan fingerprint density at radius 1 is 1.53 bits per heavy atom. The zero-order valence-electron chi connectivity index (χ0n) is 9.12. The second kappa shape index (κ2) is 4.94. The molecule has 0 aromatic carbocycles. The van der Waals surface area contributed by atoms with E-state index in [9.17, 15) is 13.2 Å². The maximum Gasteiger partial charge on any atom is 0.236 e. The molecule has 5 nitrogen and oxygen atoms in total. The van der Waals surface area contributed by atoms with Crippen molar-refractivity contribution in [3.63, 3.8) is 0 Å². The first-order chi connectivity index (χ1) is 6.94. The zero-order valence-corrected chi connectivity index (χ0v) is 9.93.